The maximum atomic E-state index is 12.4. The first-order valence-corrected chi connectivity index (χ1v) is 16.9. The summed E-state index contributed by atoms with van der Waals surface area (Å²) >= 11 is 14.1. The number of nitrogens with one attached hydrogen (secondary N) is 2. The second-order valence-corrected chi connectivity index (χ2v) is 14.6. The number of anilines is 1. The summed E-state index contributed by atoms with van der Waals surface area (Å²) in [6, 6.07) is 5.57. The summed E-state index contributed by atoms with van der Waals surface area (Å²) in [5.41, 5.74) is -0.491. The standard InChI is InChI=1S/C15H18Cl2N2O3.C13H12IN5O6S/c1-8(2)21-12-7-11(9(16)6-10(12)17)19-14(20)22-13(18-19)15(3,4)5;1-6-15-11(18-13(16-6)25-2)17-12(22)19-26(23,24)9-5-7(14)3-4-8(9)10(20)21/h6-8H,1-5H3;3-5H,1-2H3,(H,20,21)(H2,15,16,17,18,19,22). The molecule has 3 N–H and O–H groups in total. The number of nitrogens with zero attached hydrogens (tertiary/aromatic N) is 5. The lowest BCUT2D eigenvalue weighted by Gasteiger charge is -2.13. The number of hydrogen-bond acceptors (Lipinski definition) is 12. The maximum absolute atomic E-state index is 12.4. The molecule has 20 heteroatoms. The molecule has 2 heterocycles. The molecule has 0 fully saturated rings. The first-order chi connectivity index (χ1) is 22.2. The number of carboxylic acids is 1. The number of carboxylic acid groups (broad SMARTS) is 1. The van der Waals surface area contributed by atoms with Crippen LogP contribution in [0, 0.1) is 10.5 Å². The monoisotopic (exact) mass is 837 g/mol. The molecule has 2 aromatic carbocycles. The Labute approximate surface area is 298 Å². The highest BCUT2D eigenvalue weighted by atomic mass is 127. The van der Waals surface area contributed by atoms with Crippen LogP contribution >= 0.6 is 45.8 Å². The van der Waals surface area contributed by atoms with Gasteiger partial charge in [0.05, 0.1) is 34.5 Å². The van der Waals surface area contributed by atoms with Crippen LogP contribution in [0.25, 0.3) is 5.69 Å². The number of aryl methyl sites for hydroxylation is 1. The molecule has 258 valence electrons. The lowest BCUT2D eigenvalue weighted by atomic mass is 9.97. The van der Waals surface area contributed by atoms with Crippen LogP contribution in [-0.4, -0.2) is 63.5 Å². The molecule has 0 unspecified atom stereocenters. The van der Waals surface area contributed by atoms with Crippen molar-refractivity contribution in [2.45, 2.75) is 58.0 Å². The third kappa shape index (κ3) is 10.0. The lowest BCUT2D eigenvalue weighted by Crippen LogP contribution is -2.35. The van der Waals surface area contributed by atoms with Gasteiger partial charge in [-0.3, -0.25) is 5.32 Å². The first-order valence-electron chi connectivity index (χ1n) is 13.6. The van der Waals surface area contributed by atoms with E-state index in [2.05, 4.69) is 25.4 Å². The van der Waals surface area contributed by atoms with Gasteiger partial charge in [-0.1, -0.05) is 44.0 Å². The van der Waals surface area contributed by atoms with E-state index in [4.69, 9.17) is 42.2 Å². The van der Waals surface area contributed by atoms with Crippen molar-refractivity contribution in [2.75, 3.05) is 12.4 Å². The van der Waals surface area contributed by atoms with E-state index < -0.39 is 38.2 Å². The van der Waals surface area contributed by atoms with Gasteiger partial charge in [0.1, 0.15) is 16.5 Å². The number of hydrogen-bond donors (Lipinski definition) is 3. The van der Waals surface area contributed by atoms with E-state index in [0.29, 0.717) is 25.9 Å². The van der Waals surface area contributed by atoms with Crippen molar-refractivity contribution in [3.05, 3.63) is 71.8 Å². The Balaban J connectivity index is 0.000000264. The van der Waals surface area contributed by atoms with Crippen LogP contribution in [0.5, 0.6) is 11.8 Å². The molecule has 2 aromatic heterocycles. The summed E-state index contributed by atoms with van der Waals surface area (Å²) in [6.45, 7) is 11.0. The van der Waals surface area contributed by atoms with Crippen LogP contribution in [0.2, 0.25) is 10.0 Å². The number of aromatic nitrogens is 5. The van der Waals surface area contributed by atoms with E-state index in [1.165, 1.54) is 26.2 Å². The van der Waals surface area contributed by atoms with Gasteiger partial charge in [-0.05, 0) is 67.6 Å². The first kappa shape index (κ1) is 38.4. The summed E-state index contributed by atoms with van der Waals surface area (Å²) in [7, 11) is -3.14. The zero-order chi connectivity index (χ0) is 36.1. The molecular formula is C28H30Cl2IN7O9S. The van der Waals surface area contributed by atoms with E-state index in [9.17, 15) is 22.8 Å². The molecule has 0 saturated carbocycles. The largest absolute Gasteiger partial charge is 0.489 e. The van der Waals surface area contributed by atoms with Gasteiger partial charge in [-0.15, -0.1) is 5.10 Å². The summed E-state index contributed by atoms with van der Waals surface area (Å²) in [4.78, 5) is 46.1. The van der Waals surface area contributed by atoms with Crippen molar-refractivity contribution in [1.29, 1.82) is 0 Å². The normalized spacial score (nSPS) is 11.4. The van der Waals surface area contributed by atoms with Gasteiger partial charge in [0.15, 0.2) is 0 Å². The molecule has 48 heavy (non-hydrogen) atoms. The van der Waals surface area contributed by atoms with Gasteiger partial charge in [-0.25, -0.2) is 27.5 Å². The van der Waals surface area contributed by atoms with E-state index in [1.807, 2.05) is 57.2 Å². The van der Waals surface area contributed by atoms with Gasteiger partial charge in [-0.2, -0.15) is 19.6 Å². The molecule has 0 bridgehead atoms. The van der Waals surface area contributed by atoms with Crippen LogP contribution in [0.3, 0.4) is 0 Å². The predicted molar refractivity (Wildman–Crippen MR) is 183 cm³/mol. The van der Waals surface area contributed by atoms with Gasteiger partial charge < -0.3 is 19.0 Å². The van der Waals surface area contributed by atoms with Crippen molar-refractivity contribution in [2.24, 2.45) is 0 Å². The molecule has 0 saturated heterocycles. The fraction of sp³-hybridized carbons (Fsp3) is 0.321. The number of urea groups is 1. The number of carbonyl (C=O) groups is 2. The molecule has 4 aromatic rings. The van der Waals surface area contributed by atoms with Gasteiger partial charge in [0, 0.05) is 15.1 Å². The van der Waals surface area contributed by atoms with Crippen LogP contribution in [0.15, 0.2) is 44.4 Å². The van der Waals surface area contributed by atoms with Crippen molar-refractivity contribution in [3.63, 3.8) is 0 Å². The van der Waals surface area contributed by atoms with Gasteiger partial charge in [0.2, 0.25) is 11.8 Å². The number of methoxy groups -OCH3 is 1. The second-order valence-electron chi connectivity index (χ2n) is 10.9. The highest BCUT2D eigenvalue weighted by Crippen LogP contribution is 2.33. The molecule has 0 spiro atoms. The topological polar surface area (TPSA) is 218 Å². The number of benzene rings is 2. The molecule has 0 aliphatic carbocycles. The quantitative estimate of drug-likeness (QED) is 0.194. The zero-order valence-electron chi connectivity index (χ0n) is 26.5. The summed E-state index contributed by atoms with van der Waals surface area (Å²) in [5, 5.41) is 16.1. The van der Waals surface area contributed by atoms with Crippen molar-refractivity contribution >= 4 is 73.8 Å². The Morgan fingerprint density at radius 1 is 1.08 bits per heavy atom. The van der Waals surface area contributed by atoms with E-state index in [1.54, 1.807) is 10.8 Å². The van der Waals surface area contributed by atoms with Crippen molar-refractivity contribution < 1.29 is 37.0 Å². The predicted octanol–water partition coefficient (Wildman–Crippen LogP) is 5.22. The number of carbonyl (C=O) groups excluding carboxylic acids is 1. The molecule has 16 nitrogen and oxygen atoms in total. The average molecular weight is 838 g/mol. The molecule has 0 aliphatic rings. The Hall–Kier alpha value is -4.01. The SMILES string of the molecule is CC(C)Oc1cc(-n2nc(C(C)(C)C)oc2=O)c(Cl)cc1Cl.COc1nc(C)nc(NC(=O)NS(=O)(=O)c2cc(I)ccc2C(=O)O)n1. The zero-order valence-corrected chi connectivity index (χ0v) is 30.9. The Bertz CT molecular complexity index is 2010. The summed E-state index contributed by atoms with van der Waals surface area (Å²) in [6.07, 6.45) is -0.0642. The number of amides is 2. The smallest absolute Gasteiger partial charge is 0.442 e. The molecule has 4 rings (SSSR count). The number of halogens is 3. The van der Waals surface area contributed by atoms with Crippen LogP contribution in [0.1, 0.15) is 56.7 Å². The maximum Gasteiger partial charge on any atom is 0.442 e. The molecule has 0 radical (unpaired) electrons. The molecule has 0 aliphatic heterocycles. The van der Waals surface area contributed by atoms with Crippen LogP contribution in [0.4, 0.5) is 10.7 Å². The fourth-order valence-corrected chi connectivity index (χ4v) is 5.90. The minimum absolute atomic E-state index is 0.0642. The van der Waals surface area contributed by atoms with E-state index >= 15 is 0 Å². The second kappa shape index (κ2) is 15.5. The average Bonchev–Trinajstić information content (AvgIpc) is 3.35. The Morgan fingerprint density at radius 3 is 2.31 bits per heavy atom. The summed E-state index contributed by atoms with van der Waals surface area (Å²) < 4.78 is 43.7. The number of ether oxygens (including phenoxy) is 2. The molecule has 2 amide bonds. The van der Waals surface area contributed by atoms with Gasteiger partial charge in [0.25, 0.3) is 10.0 Å². The highest BCUT2D eigenvalue weighted by molar-refractivity contribution is 14.1. The third-order valence-electron chi connectivity index (χ3n) is 5.61. The van der Waals surface area contributed by atoms with Crippen molar-refractivity contribution in [1.82, 2.24) is 29.5 Å². The van der Waals surface area contributed by atoms with E-state index in [0.717, 1.165) is 16.8 Å². The third-order valence-corrected chi connectivity index (χ3v) is 8.25. The van der Waals surface area contributed by atoms with Crippen molar-refractivity contribution in [3.8, 4) is 17.4 Å². The minimum atomic E-state index is -4.45. The lowest BCUT2D eigenvalue weighted by molar-refractivity contribution is 0.0692. The van der Waals surface area contributed by atoms with E-state index in [-0.39, 0.29) is 34.3 Å². The Kier molecular flexibility index (Phi) is 12.4. The molecule has 0 atom stereocenters. The fourth-order valence-electron chi connectivity index (χ4n) is 3.56. The number of sulfonamides is 1. The summed E-state index contributed by atoms with van der Waals surface area (Å²) in [5.74, 6) is -1.29. The highest BCUT2D eigenvalue weighted by Gasteiger charge is 2.26. The minimum Gasteiger partial charge on any atom is -0.489 e. The number of rotatable bonds is 8. The molecular weight excluding hydrogens is 808 g/mol. The Morgan fingerprint density at radius 2 is 1.75 bits per heavy atom. The van der Waals surface area contributed by atoms with Crippen LogP contribution < -0.4 is 25.3 Å². The number of aromatic carboxylic acids is 1. The van der Waals surface area contributed by atoms with Gasteiger partial charge >= 0.3 is 23.8 Å². The van der Waals surface area contributed by atoms with Crippen LogP contribution in [-0.2, 0) is 15.4 Å².